The number of rotatable bonds is 6. The van der Waals surface area contributed by atoms with E-state index in [2.05, 4.69) is 10.2 Å². The first-order valence-electron chi connectivity index (χ1n) is 8.12. The van der Waals surface area contributed by atoms with Crippen LogP contribution in [0.15, 0.2) is 16.9 Å². The molecule has 1 saturated heterocycles. The summed E-state index contributed by atoms with van der Waals surface area (Å²) in [7, 11) is 0. The fourth-order valence-electron chi connectivity index (χ4n) is 3.20. The Morgan fingerprint density at radius 3 is 2.87 bits per heavy atom. The Balaban J connectivity index is 1.89. The first-order chi connectivity index (χ1) is 11.0. The van der Waals surface area contributed by atoms with Crippen LogP contribution in [-0.2, 0) is 11.2 Å². The van der Waals surface area contributed by atoms with Crippen molar-refractivity contribution in [2.75, 3.05) is 19.7 Å². The van der Waals surface area contributed by atoms with Gasteiger partial charge in [-0.2, -0.15) is 5.10 Å². The van der Waals surface area contributed by atoms with Gasteiger partial charge in [0.15, 0.2) is 0 Å². The number of aromatic amines is 1. The molecule has 0 aromatic carbocycles. The summed E-state index contributed by atoms with van der Waals surface area (Å²) < 4.78 is 0. The number of aliphatic hydroxyl groups is 2. The summed E-state index contributed by atoms with van der Waals surface area (Å²) in [5, 5.41) is 26.2. The van der Waals surface area contributed by atoms with Crippen LogP contribution in [0.1, 0.15) is 38.3 Å². The average Bonchev–Trinajstić information content (AvgIpc) is 2.56. The number of nitrogens with zero attached hydrogens (tertiary/aromatic N) is 2. The van der Waals surface area contributed by atoms with Gasteiger partial charge in [0.1, 0.15) is 0 Å². The molecular weight excluding hydrogens is 298 g/mol. The molecule has 0 saturated carbocycles. The third-order valence-corrected chi connectivity index (χ3v) is 4.73. The molecule has 2 heterocycles. The number of hydrogen-bond donors (Lipinski definition) is 3. The number of carbonyl (C=O) groups is 1. The standard InChI is InChI=1S/C16H25N3O4/c1-2-7-16(11-20)8-9-19(10-13(16)21)15(23)6-4-12-3-5-14(22)18-17-12/h3,5,13,20-21H,2,4,6-11H2,1H3,(H,18,22)/t13-,16+/m0/s1. The van der Waals surface area contributed by atoms with Crippen molar-refractivity contribution < 1.29 is 15.0 Å². The van der Waals surface area contributed by atoms with Crippen molar-refractivity contribution in [3.63, 3.8) is 0 Å². The van der Waals surface area contributed by atoms with E-state index in [-0.39, 0.29) is 31.0 Å². The first-order valence-corrected chi connectivity index (χ1v) is 8.12. The highest BCUT2D eigenvalue weighted by atomic mass is 16.3. The van der Waals surface area contributed by atoms with Crippen LogP contribution < -0.4 is 5.56 Å². The van der Waals surface area contributed by atoms with Crippen molar-refractivity contribution in [1.29, 1.82) is 0 Å². The van der Waals surface area contributed by atoms with Gasteiger partial charge in [-0.1, -0.05) is 13.3 Å². The zero-order valence-electron chi connectivity index (χ0n) is 13.5. The highest BCUT2D eigenvalue weighted by Crippen LogP contribution is 2.36. The lowest BCUT2D eigenvalue weighted by Crippen LogP contribution is -2.54. The van der Waals surface area contributed by atoms with Gasteiger partial charge < -0.3 is 15.1 Å². The van der Waals surface area contributed by atoms with Crippen LogP contribution in [0.25, 0.3) is 0 Å². The molecule has 0 unspecified atom stereocenters. The molecule has 0 spiro atoms. The van der Waals surface area contributed by atoms with E-state index in [0.29, 0.717) is 25.1 Å². The monoisotopic (exact) mass is 323 g/mol. The Morgan fingerprint density at radius 1 is 1.52 bits per heavy atom. The number of H-pyrrole nitrogens is 1. The molecule has 0 aliphatic carbocycles. The second kappa shape index (κ2) is 7.70. The number of likely N-dealkylation sites (tertiary alicyclic amines) is 1. The van der Waals surface area contributed by atoms with Crippen LogP contribution in [-0.4, -0.2) is 57.0 Å². The summed E-state index contributed by atoms with van der Waals surface area (Å²) >= 11 is 0. The molecule has 2 atom stereocenters. The highest BCUT2D eigenvalue weighted by molar-refractivity contribution is 5.76. The number of aromatic nitrogens is 2. The van der Waals surface area contributed by atoms with E-state index in [9.17, 15) is 19.8 Å². The molecule has 2 rings (SSSR count). The van der Waals surface area contributed by atoms with E-state index < -0.39 is 11.5 Å². The Labute approximate surface area is 135 Å². The van der Waals surface area contributed by atoms with Crippen LogP contribution >= 0.6 is 0 Å². The van der Waals surface area contributed by atoms with Crippen molar-refractivity contribution >= 4 is 5.91 Å². The van der Waals surface area contributed by atoms with Gasteiger partial charge in [-0.25, -0.2) is 5.10 Å². The number of β-amino-alcohol motifs (C(OH)–C–C–N with tert-alkyl or cyclic N) is 1. The van der Waals surface area contributed by atoms with Gasteiger partial charge in [0, 0.05) is 37.4 Å². The minimum absolute atomic E-state index is 0.0416. The Morgan fingerprint density at radius 2 is 2.30 bits per heavy atom. The Bertz CT molecular complexity index is 568. The number of piperidine rings is 1. The number of aryl methyl sites for hydroxylation is 1. The fraction of sp³-hybridized carbons (Fsp3) is 0.688. The molecule has 7 nitrogen and oxygen atoms in total. The summed E-state index contributed by atoms with van der Waals surface area (Å²) in [6, 6.07) is 2.99. The van der Waals surface area contributed by atoms with Gasteiger partial charge in [0.05, 0.1) is 18.4 Å². The highest BCUT2D eigenvalue weighted by Gasteiger charge is 2.42. The van der Waals surface area contributed by atoms with E-state index in [1.807, 2.05) is 6.92 Å². The van der Waals surface area contributed by atoms with E-state index in [0.717, 1.165) is 12.8 Å². The number of hydrogen-bond acceptors (Lipinski definition) is 5. The molecule has 1 amide bonds. The molecular formula is C16H25N3O4. The topological polar surface area (TPSA) is 107 Å². The summed E-state index contributed by atoms with van der Waals surface area (Å²) in [6.45, 7) is 2.79. The molecule has 0 radical (unpaired) electrons. The molecule has 0 bridgehead atoms. The van der Waals surface area contributed by atoms with Crippen molar-refractivity contribution in [3.05, 3.63) is 28.2 Å². The van der Waals surface area contributed by atoms with Crippen LogP contribution in [0.5, 0.6) is 0 Å². The van der Waals surface area contributed by atoms with Crippen molar-refractivity contribution in [3.8, 4) is 0 Å². The van der Waals surface area contributed by atoms with E-state index in [1.165, 1.54) is 6.07 Å². The average molecular weight is 323 g/mol. The number of aliphatic hydroxyl groups excluding tert-OH is 2. The maximum Gasteiger partial charge on any atom is 0.264 e. The smallest absolute Gasteiger partial charge is 0.264 e. The lowest BCUT2D eigenvalue weighted by Gasteiger charge is -2.44. The molecule has 128 valence electrons. The van der Waals surface area contributed by atoms with Crippen LogP contribution in [0, 0.1) is 5.41 Å². The third-order valence-electron chi connectivity index (χ3n) is 4.73. The van der Waals surface area contributed by atoms with Crippen LogP contribution in [0.2, 0.25) is 0 Å². The number of nitrogens with one attached hydrogen (secondary N) is 1. The summed E-state index contributed by atoms with van der Waals surface area (Å²) in [4.78, 5) is 24.9. The maximum atomic E-state index is 12.3. The quantitative estimate of drug-likeness (QED) is 0.687. The first kappa shape index (κ1) is 17.6. The molecule has 1 aliphatic heterocycles. The van der Waals surface area contributed by atoms with Gasteiger partial charge in [0.25, 0.3) is 5.56 Å². The van der Waals surface area contributed by atoms with Crippen molar-refractivity contribution in [1.82, 2.24) is 15.1 Å². The van der Waals surface area contributed by atoms with Crippen LogP contribution in [0.4, 0.5) is 0 Å². The molecule has 1 aliphatic rings. The summed E-state index contributed by atoms with van der Waals surface area (Å²) in [5.41, 5.74) is -0.0897. The van der Waals surface area contributed by atoms with Gasteiger partial charge in [0.2, 0.25) is 5.91 Å². The van der Waals surface area contributed by atoms with E-state index in [1.54, 1.807) is 11.0 Å². The van der Waals surface area contributed by atoms with Crippen LogP contribution in [0.3, 0.4) is 0 Å². The predicted octanol–water partition coefficient (Wildman–Crippen LogP) is 0.0745. The van der Waals surface area contributed by atoms with Gasteiger partial charge in [-0.05, 0) is 18.9 Å². The zero-order chi connectivity index (χ0) is 16.9. The lowest BCUT2D eigenvalue weighted by molar-refractivity contribution is -0.142. The molecule has 1 aromatic heterocycles. The van der Waals surface area contributed by atoms with Crippen molar-refractivity contribution in [2.24, 2.45) is 5.41 Å². The molecule has 23 heavy (non-hydrogen) atoms. The SMILES string of the molecule is CCC[C@]1(CO)CCN(C(=O)CCc2ccc(=O)[nH]n2)C[C@@H]1O. The van der Waals surface area contributed by atoms with Gasteiger partial charge >= 0.3 is 0 Å². The largest absolute Gasteiger partial charge is 0.396 e. The third kappa shape index (κ3) is 4.17. The van der Waals surface area contributed by atoms with Crippen molar-refractivity contribution in [2.45, 2.75) is 45.1 Å². The van der Waals surface area contributed by atoms with E-state index >= 15 is 0 Å². The molecule has 1 aromatic rings. The minimum Gasteiger partial charge on any atom is -0.396 e. The zero-order valence-corrected chi connectivity index (χ0v) is 13.5. The predicted molar refractivity (Wildman–Crippen MR) is 84.8 cm³/mol. The summed E-state index contributed by atoms with van der Waals surface area (Å²) in [5.74, 6) is -0.0416. The fourth-order valence-corrected chi connectivity index (χ4v) is 3.20. The Kier molecular flexibility index (Phi) is 5.90. The van der Waals surface area contributed by atoms with Gasteiger partial charge in [-0.3, -0.25) is 9.59 Å². The second-order valence-corrected chi connectivity index (χ2v) is 6.29. The number of amides is 1. The summed E-state index contributed by atoms with van der Waals surface area (Å²) in [6.07, 6.45) is 2.29. The Hall–Kier alpha value is -1.73. The maximum absolute atomic E-state index is 12.3. The van der Waals surface area contributed by atoms with E-state index in [4.69, 9.17) is 0 Å². The molecule has 1 fully saturated rings. The number of carbonyl (C=O) groups excluding carboxylic acids is 1. The lowest BCUT2D eigenvalue weighted by atomic mass is 9.73. The second-order valence-electron chi connectivity index (χ2n) is 6.29. The minimum atomic E-state index is -0.698. The molecule has 7 heteroatoms. The normalized spacial score (nSPS) is 24.7. The molecule has 3 N–H and O–H groups in total. The van der Waals surface area contributed by atoms with Gasteiger partial charge in [-0.15, -0.1) is 0 Å².